The Morgan fingerprint density at radius 3 is 3.18 bits per heavy atom. The molecule has 1 aromatic rings. The number of rotatable bonds is 4. The average molecular weight is 255 g/mol. The molecule has 1 saturated heterocycles. The third-order valence-electron chi connectivity index (χ3n) is 3.20. The van der Waals surface area contributed by atoms with Crippen LogP contribution in [0.25, 0.3) is 0 Å². The van der Waals surface area contributed by atoms with Gasteiger partial charge in [-0.1, -0.05) is 6.07 Å². The van der Waals surface area contributed by atoms with Gasteiger partial charge in [-0.15, -0.1) is 11.6 Å². The molecule has 0 spiro atoms. The number of nitrogens with zero attached hydrogens (tertiary/aromatic N) is 2. The van der Waals surface area contributed by atoms with E-state index in [0.717, 1.165) is 31.2 Å². The second kappa shape index (κ2) is 6.22. The molecule has 0 N–H and O–H groups in total. The van der Waals surface area contributed by atoms with E-state index in [2.05, 4.69) is 9.88 Å². The quantitative estimate of drug-likeness (QED) is 0.773. The van der Waals surface area contributed by atoms with E-state index in [9.17, 15) is 0 Å². The Bertz CT molecular complexity index is 359. The molecule has 1 aliphatic heterocycles. The molecule has 1 fully saturated rings. The van der Waals surface area contributed by atoms with Crippen molar-refractivity contribution in [2.45, 2.75) is 19.4 Å². The van der Waals surface area contributed by atoms with Gasteiger partial charge < -0.3 is 4.74 Å². The first kappa shape index (κ1) is 12.7. The van der Waals surface area contributed by atoms with Crippen molar-refractivity contribution in [1.82, 2.24) is 9.88 Å². The van der Waals surface area contributed by atoms with Gasteiger partial charge in [0.25, 0.3) is 0 Å². The third kappa shape index (κ3) is 3.58. The number of ether oxygens (including phenoxy) is 1. The summed E-state index contributed by atoms with van der Waals surface area (Å²) in [5, 5.41) is 0. The van der Waals surface area contributed by atoms with Gasteiger partial charge in [0.15, 0.2) is 0 Å². The van der Waals surface area contributed by atoms with Crippen LogP contribution in [0.5, 0.6) is 5.88 Å². The predicted octanol–water partition coefficient (Wildman–Crippen LogP) is 2.54. The number of methoxy groups -OCH3 is 1. The van der Waals surface area contributed by atoms with Crippen LogP contribution in [0, 0.1) is 5.92 Å². The lowest BCUT2D eigenvalue weighted by molar-refractivity contribution is 0.176. The SMILES string of the molecule is COc1cccc(CN2CCCC(CCl)C2)n1. The molecule has 0 aromatic carbocycles. The second-order valence-corrected chi connectivity index (χ2v) is 4.88. The number of pyridine rings is 1. The highest BCUT2D eigenvalue weighted by molar-refractivity contribution is 6.18. The van der Waals surface area contributed by atoms with E-state index in [-0.39, 0.29) is 0 Å². The molecule has 1 unspecified atom stereocenters. The number of hydrogen-bond acceptors (Lipinski definition) is 3. The van der Waals surface area contributed by atoms with Crippen LogP contribution >= 0.6 is 11.6 Å². The highest BCUT2D eigenvalue weighted by atomic mass is 35.5. The number of piperidine rings is 1. The van der Waals surface area contributed by atoms with Gasteiger partial charge in [-0.25, -0.2) is 4.98 Å². The minimum Gasteiger partial charge on any atom is -0.481 e. The summed E-state index contributed by atoms with van der Waals surface area (Å²) in [6.45, 7) is 3.12. The van der Waals surface area contributed by atoms with Gasteiger partial charge in [-0.2, -0.15) is 0 Å². The van der Waals surface area contributed by atoms with Crippen LogP contribution in [0.3, 0.4) is 0 Å². The summed E-state index contributed by atoms with van der Waals surface area (Å²) in [5.74, 6) is 2.09. The molecule has 4 heteroatoms. The maximum absolute atomic E-state index is 5.93. The molecule has 3 nitrogen and oxygen atoms in total. The Morgan fingerprint density at radius 1 is 1.53 bits per heavy atom. The fourth-order valence-electron chi connectivity index (χ4n) is 2.31. The molecule has 0 bridgehead atoms. The Labute approximate surface area is 108 Å². The van der Waals surface area contributed by atoms with Crippen LogP contribution in [0.4, 0.5) is 0 Å². The standard InChI is InChI=1S/C13H19ClN2O/c1-17-13-6-2-5-12(15-13)10-16-7-3-4-11(8-14)9-16/h2,5-6,11H,3-4,7-10H2,1H3. The summed E-state index contributed by atoms with van der Waals surface area (Å²) in [7, 11) is 1.65. The minimum atomic E-state index is 0.635. The van der Waals surface area contributed by atoms with Gasteiger partial charge in [0, 0.05) is 25.0 Å². The molecule has 1 atom stereocenters. The summed E-state index contributed by atoms with van der Waals surface area (Å²) in [5.41, 5.74) is 1.07. The minimum absolute atomic E-state index is 0.635. The lowest BCUT2D eigenvalue weighted by Gasteiger charge is -2.31. The number of aromatic nitrogens is 1. The first-order chi connectivity index (χ1) is 8.31. The second-order valence-electron chi connectivity index (χ2n) is 4.57. The number of halogens is 1. The van der Waals surface area contributed by atoms with Gasteiger partial charge in [-0.05, 0) is 31.4 Å². The van der Waals surface area contributed by atoms with Crippen LogP contribution in [0.1, 0.15) is 18.5 Å². The van der Waals surface area contributed by atoms with Crippen molar-refractivity contribution in [3.8, 4) is 5.88 Å². The van der Waals surface area contributed by atoms with Gasteiger partial charge in [0.2, 0.25) is 5.88 Å². The largest absolute Gasteiger partial charge is 0.481 e. The maximum Gasteiger partial charge on any atom is 0.213 e. The number of likely N-dealkylation sites (tertiary alicyclic amines) is 1. The monoisotopic (exact) mass is 254 g/mol. The molecular formula is C13H19ClN2O. The van der Waals surface area contributed by atoms with Crippen molar-refractivity contribution in [1.29, 1.82) is 0 Å². The van der Waals surface area contributed by atoms with E-state index in [1.54, 1.807) is 7.11 Å². The summed E-state index contributed by atoms with van der Waals surface area (Å²) >= 11 is 5.93. The Kier molecular flexibility index (Phi) is 4.63. The zero-order valence-electron chi connectivity index (χ0n) is 10.2. The third-order valence-corrected chi connectivity index (χ3v) is 3.63. The molecule has 94 valence electrons. The molecule has 0 amide bonds. The van der Waals surface area contributed by atoms with Crippen LogP contribution < -0.4 is 4.74 Å². The van der Waals surface area contributed by atoms with Crippen molar-refractivity contribution in [2.75, 3.05) is 26.1 Å². The molecule has 2 rings (SSSR count). The van der Waals surface area contributed by atoms with E-state index in [1.165, 1.54) is 12.8 Å². The van der Waals surface area contributed by atoms with E-state index >= 15 is 0 Å². The van der Waals surface area contributed by atoms with E-state index in [4.69, 9.17) is 16.3 Å². The summed E-state index contributed by atoms with van der Waals surface area (Å²) in [6, 6.07) is 5.91. The highest BCUT2D eigenvalue weighted by Crippen LogP contribution is 2.19. The molecule has 17 heavy (non-hydrogen) atoms. The summed E-state index contributed by atoms with van der Waals surface area (Å²) in [4.78, 5) is 6.87. The lowest BCUT2D eigenvalue weighted by Crippen LogP contribution is -2.35. The molecule has 1 aliphatic rings. The van der Waals surface area contributed by atoms with Crippen LogP contribution in [-0.4, -0.2) is 36.0 Å². The fourth-order valence-corrected chi connectivity index (χ4v) is 2.56. The molecular weight excluding hydrogens is 236 g/mol. The molecule has 0 radical (unpaired) electrons. The Balaban J connectivity index is 1.95. The smallest absolute Gasteiger partial charge is 0.213 e. The normalized spacial score (nSPS) is 21.4. The highest BCUT2D eigenvalue weighted by Gasteiger charge is 2.19. The number of hydrogen-bond donors (Lipinski definition) is 0. The van der Waals surface area contributed by atoms with Gasteiger partial charge in [0.05, 0.1) is 12.8 Å². The summed E-state index contributed by atoms with van der Waals surface area (Å²) < 4.78 is 5.14. The zero-order valence-corrected chi connectivity index (χ0v) is 11.0. The molecule has 0 saturated carbocycles. The first-order valence-corrected chi connectivity index (χ1v) is 6.63. The van der Waals surface area contributed by atoms with E-state index in [0.29, 0.717) is 11.8 Å². The first-order valence-electron chi connectivity index (χ1n) is 6.10. The van der Waals surface area contributed by atoms with Crippen LogP contribution in [-0.2, 0) is 6.54 Å². The Morgan fingerprint density at radius 2 is 2.41 bits per heavy atom. The molecule has 0 aliphatic carbocycles. The zero-order chi connectivity index (χ0) is 12.1. The van der Waals surface area contributed by atoms with Crippen molar-refractivity contribution in [3.63, 3.8) is 0 Å². The van der Waals surface area contributed by atoms with Crippen molar-refractivity contribution >= 4 is 11.6 Å². The number of alkyl halides is 1. The fraction of sp³-hybridized carbons (Fsp3) is 0.615. The van der Waals surface area contributed by atoms with E-state index in [1.807, 2.05) is 18.2 Å². The van der Waals surface area contributed by atoms with Gasteiger partial charge in [0.1, 0.15) is 0 Å². The van der Waals surface area contributed by atoms with Crippen molar-refractivity contribution in [2.24, 2.45) is 5.92 Å². The molecule has 1 aromatic heterocycles. The maximum atomic E-state index is 5.93. The van der Waals surface area contributed by atoms with Crippen LogP contribution in [0.2, 0.25) is 0 Å². The van der Waals surface area contributed by atoms with Crippen molar-refractivity contribution in [3.05, 3.63) is 23.9 Å². The average Bonchev–Trinajstić information content (AvgIpc) is 2.39. The van der Waals surface area contributed by atoms with Crippen LogP contribution in [0.15, 0.2) is 18.2 Å². The van der Waals surface area contributed by atoms with Crippen molar-refractivity contribution < 1.29 is 4.74 Å². The Hall–Kier alpha value is -0.800. The lowest BCUT2D eigenvalue weighted by atomic mass is 10.00. The van der Waals surface area contributed by atoms with Gasteiger partial charge >= 0.3 is 0 Å². The summed E-state index contributed by atoms with van der Waals surface area (Å²) in [6.07, 6.45) is 2.49. The predicted molar refractivity (Wildman–Crippen MR) is 69.5 cm³/mol. The topological polar surface area (TPSA) is 25.4 Å². The molecule has 2 heterocycles. The van der Waals surface area contributed by atoms with E-state index < -0.39 is 0 Å². The van der Waals surface area contributed by atoms with Gasteiger partial charge in [-0.3, -0.25) is 4.90 Å².